The van der Waals surface area contributed by atoms with E-state index in [1.54, 1.807) is 37.6 Å². The van der Waals surface area contributed by atoms with E-state index in [2.05, 4.69) is 4.98 Å². The molecule has 0 bridgehead atoms. The third-order valence-electron chi connectivity index (χ3n) is 6.39. The summed E-state index contributed by atoms with van der Waals surface area (Å²) in [6.07, 6.45) is 1.80. The molecule has 7 heteroatoms. The number of aromatic amines is 1. The van der Waals surface area contributed by atoms with Gasteiger partial charge in [-0.3, -0.25) is 9.59 Å². The summed E-state index contributed by atoms with van der Waals surface area (Å²) < 4.78 is 10.8. The highest BCUT2D eigenvalue weighted by molar-refractivity contribution is 6.46. The van der Waals surface area contributed by atoms with Crippen LogP contribution in [0.25, 0.3) is 16.7 Å². The maximum atomic E-state index is 13.4. The minimum Gasteiger partial charge on any atom is -0.507 e. The Labute approximate surface area is 208 Å². The number of hydrogen-bond donors (Lipinski definition) is 2. The molecule has 5 rings (SSSR count). The fourth-order valence-corrected chi connectivity index (χ4v) is 4.67. The van der Waals surface area contributed by atoms with E-state index in [4.69, 9.17) is 9.47 Å². The summed E-state index contributed by atoms with van der Waals surface area (Å²) in [4.78, 5) is 31.5. The zero-order valence-corrected chi connectivity index (χ0v) is 20.0. The number of ketones is 1. The van der Waals surface area contributed by atoms with Gasteiger partial charge in [0.15, 0.2) is 0 Å². The number of nitrogens with zero attached hydrogens (tertiary/aromatic N) is 1. The van der Waals surface area contributed by atoms with E-state index >= 15 is 0 Å². The van der Waals surface area contributed by atoms with Crippen LogP contribution in [-0.2, 0) is 16.1 Å². The van der Waals surface area contributed by atoms with Gasteiger partial charge in [0.1, 0.15) is 17.3 Å². The van der Waals surface area contributed by atoms with E-state index in [1.807, 2.05) is 55.5 Å². The number of aliphatic hydroxyl groups is 1. The van der Waals surface area contributed by atoms with Crippen molar-refractivity contribution in [1.29, 1.82) is 0 Å². The van der Waals surface area contributed by atoms with Crippen LogP contribution in [0.5, 0.6) is 11.5 Å². The number of hydrogen-bond acceptors (Lipinski definition) is 5. The number of methoxy groups -OCH3 is 1. The molecule has 3 aromatic carbocycles. The number of benzene rings is 3. The van der Waals surface area contributed by atoms with Crippen molar-refractivity contribution >= 4 is 28.4 Å². The fraction of sp³-hybridized carbons (Fsp3) is 0.172. The summed E-state index contributed by atoms with van der Waals surface area (Å²) in [6.45, 7) is 2.52. The van der Waals surface area contributed by atoms with Crippen molar-refractivity contribution in [2.24, 2.45) is 0 Å². The summed E-state index contributed by atoms with van der Waals surface area (Å²) in [5.41, 5.74) is 2.91. The fourth-order valence-electron chi connectivity index (χ4n) is 4.67. The van der Waals surface area contributed by atoms with Crippen LogP contribution in [0.15, 0.2) is 84.6 Å². The van der Waals surface area contributed by atoms with Crippen molar-refractivity contribution in [2.45, 2.75) is 19.5 Å². The van der Waals surface area contributed by atoms with Crippen LogP contribution in [0.2, 0.25) is 0 Å². The third-order valence-corrected chi connectivity index (χ3v) is 6.39. The van der Waals surface area contributed by atoms with E-state index in [9.17, 15) is 14.7 Å². The van der Waals surface area contributed by atoms with Crippen LogP contribution in [-0.4, -0.2) is 40.4 Å². The molecule has 2 N–H and O–H groups in total. The number of nitrogens with one attached hydrogen (secondary N) is 1. The molecule has 1 saturated heterocycles. The molecule has 0 saturated carbocycles. The summed E-state index contributed by atoms with van der Waals surface area (Å²) >= 11 is 0. The van der Waals surface area contributed by atoms with Gasteiger partial charge < -0.3 is 24.5 Å². The molecule has 2 heterocycles. The maximum absolute atomic E-state index is 13.4. The Balaban J connectivity index is 1.66. The molecule has 182 valence electrons. The van der Waals surface area contributed by atoms with Crippen molar-refractivity contribution in [2.75, 3.05) is 13.7 Å². The first-order valence-electron chi connectivity index (χ1n) is 11.7. The number of aromatic nitrogens is 1. The molecule has 0 aliphatic carbocycles. The number of Topliss-reactive ketones (excluding diaryl/α,β-unsaturated/α-hetero) is 1. The van der Waals surface area contributed by atoms with Gasteiger partial charge in [0.2, 0.25) is 0 Å². The van der Waals surface area contributed by atoms with Crippen molar-refractivity contribution in [3.63, 3.8) is 0 Å². The summed E-state index contributed by atoms with van der Waals surface area (Å²) in [6, 6.07) is 21.1. The number of rotatable bonds is 7. The quantitative estimate of drug-likeness (QED) is 0.215. The minimum absolute atomic E-state index is 0.0481. The van der Waals surface area contributed by atoms with Crippen LogP contribution in [0.4, 0.5) is 0 Å². The van der Waals surface area contributed by atoms with Crippen molar-refractivity contribution in [3.8, 4) is 11.5 Å². The van der Waals surface area contributed by atoms with Gasteiger partial charge in [-0.15, -0.1) is 0 Å². The van der Waals surface area contributed by atoms with Crippen LogP contribution in [0, 0.1) is 0 Å². The molecule has 1 aliphatic rings. The standard InChI is InChI=1S/C29H26N2O5/c1-3-36-21-8-6-7-19(15-21)27(32)25-26(23-16-30-24-10-5-4-9-22(23)24)31(29(34)28(25)33)17-18-11-13-20(35-2)14-12-18/h4-16,26,30,32H,3,17H2,1-2H3/b27-25+. The smallest absolute Gasteiger partial charge is 0.295 e. The Kier molecular flexibility index (Phi) is 6.21. The molecule has 36 heavy (non-hydrogen) atoms. The predicted molar refractivity (Wildman–Crippen MR) is 137 cm³/mol. The van der Waals surface area contributed by atoms with Gasteiger partial charge in [-0.2, -0.15) is 0 Å². The predicted octanol–water partition coefficient (Wildman–Crippen LogP) is 5.20. The van der Waals surface area contributed by atoms with E-state index in [0.717, 1.165) is 22.0 Å². The van der Waals surface area contributed by atoms with E-state index in [1.165, 1.54) is 4.90 Å². The van der Waals surface area contributed by atoms with Crippen molar-refractivity contribution < 1.29 is 24.2 Å². The summed E-state index contributed by atoms with van der Waals surface area (Å²) in [5, 5.41) is 12.3. The number of carbonyl (C=O) groups excluding carboxylic acids is 2. The highest BCUT2D eigenvalue weighted by Crippen LogP contribution is 2.43. The first-order valence-corrected chi connectivity index (χ1v) is 11.7. The lowest BCUT2D eigenvalue weighted by molar-refractivity contribution is -0.140. The molecular weight excluding hydrogens is 456 g/mol. The molecule has 7 nitrogen and oxygen atoms in total. The van der Waals surface area contributed by atoms with Crippen LogP contribution < -0.4 is 9.47 Å². The van der Waals surface area contributed by atoms with E-state index < -0.39 is 17.7 Å². The maximum Gasteiger partial charge on any atom is 0.295 e. The molecule has 1 atom stereocenters. The van der Waals surface area contributed by atoms with Crippen LogP contribution in [0.1, 0.15) is 29.7 Å². The number of amides is 1. The first kappa shape index (κ1) is 23.2. The number of para-hydroxylation sites is 1. The first-order chi connectivity index (χ1) is 17.5. The molecule has 1 unspecified atom stereocenters. The molecule has 1 aliphatic heterocycles. The molecular formula is C29H26N2O5. The number of carbonyl (C=O) groups is 2. The minimum atomic E-state index is -0.779. The number of aliphatic hydroxyl groups excluding tert-OH is 1. The average molecular weight is 483 g/mol. The molecule has 0 radical (unpaired) electrons. The second kappa shape index (κ2) is 9.62. The van der Waals surface area contributed by atoms with Crippen molar-refractivity contribution in [3.05, 3.63) is 101 Å². The zero-order chi connectivity index (χ0) is 25.2. The molecule has 4 aromatic rings. The molecule has 1 aromatic heterocycles. The number of fused-ring (bicyclic) bond motifs is 1. The van der Waals surface area contributed by atoms with Gasteiger partial charge in [0.05, 0.1) is 25.3 Å². The Bertz CT molecular complexity index is 1470. The van der Waals surface area contributed by atoms with E-state index in [0.29, 0.717) is 23.7 Å². The normalized spacial score (nSPS) is 17.1. The Morgan fingerprint density at radius 1 is 1.00 bits per heavy atom. The van der Waals surface area contributed by atoms with Gasteiger partial charge in [0, 0.05) is 34.8 Å². The second-order valence-corrected chi connectivity index (χ2v) is 8.53. The van der Waals surface area contributed by atoms with Gasteiger partial charge in [-0.25, -0.2) is 0 Å². The number of ether oxygens (including phenoxy) is 2. The monoisotopic (exact) mass is 482 g/mol. The van der Waals surface area contributed by atoms with Gasteiger partial charge in [-0.05, 0) is 42.8 Å². The number of H-pyrrole nitrogens is 1. The molecule has 0 spiro atoms. The van der Waals surface area contributed by atoms with Gasteiger partial charge >= 0.3 is 0 Å². The van der Waals surface area contributed by atoms with Gasteiger partial charge in [0.25, 0.3) is 11.7 Å². The van der Waals surface area contributed by atoms with Crippen LogP contribution in [0.3, 0.4) is 0 Å². The summed E-state index contributed by atoms with van der Waals surface area (Å²) in [7, 11) is 1.59. The molecule has 1 amide bonds. The highest BCUT2D eigenvalue weighted by atomic mass is 16.5. The topological polar surface area (TPSA) is 91.9 Å². The highest BCUT2D eigenvalue weighted by Gasteiger charge is 2.46. The van der Waals surface area contributed by atoms with Gasteiger partial charge in [-0.1, -0.05) is 42.5 Å². The Morgan fingerprint density at radius 2 is 1.78 bits per heavy atom. The Morgan fingerprint density at radius 3 is 2.53 bits per heavy atom. The second-order valence-electron chi connectivity index (χ2n) is 8.53. The lowest BCUT2D eigenvalue weighted by Crippen LogP contribution is -2.29. The average Bonchev–Trinajstić information content (AvgIpc) is 3.43. The Hall–Kier alpha value is -4.52. The van der Waals surface area contributed by atoms with Crippen LogP contribution >= 0.6 is 0 Å². The largest absolute Gasteiger partial charge is 0.507 e. The van der Waals surface area contributed by atoms with E-state index in [-0.39, 0.29) is 17.9 Å². The lowest BCUT2D eigenvalue weighted by Gasteiger charge is -2.25. The third kappa shape index (κ3) is 4.09. The molecule has 1 fully saturated rings. The zero-order valence-electron chi connectivity index (χ0n) is 20.0. The SMILES string of the molecule is CCOc1cccc(/C(O)=C2\C(=O)C(=O)N(Cc3ccc(OC)cc3)C2c2c[nH]c3ccccc23)c1. The number of likely N-dealkylation sites (tertiary alicyclic amines) is 1. The summed E-state index contributed by atoms with van der Waals surface area (Å²) in [5.74, 6) is -0.357. The van der Waals surface area contributed by atoms with Crippen molar-refractivity contribution in [1.82, 2.24) is 9.88 Å². The lowest BCUT2D eigenvalue weighted by atomic mass is 9.94.